The lowest BCUT2D eigenvalue weighted by molar-refractivity contribution is -0.131. The van der Waals surface area contributed by atoms with E-state index in [4.69, 9.17) is 0 Å². The number of hydrogen-bond donors (Lipinski definition) is 0. The number of nitrogens with zero attached hydrogens (tertiary/aromatic N) is 2. The largest absolute Gasteiger partial charge is 0.315 e. The van der Waals surface area contributed by atoms with Crippen LogP contribution in [0.1, 0.15) is 12.8 Å². The Morgan fingerprint density at radius 1 is 0.692 bits per heavy atom. The molecule has 0 saturated heterocycles. The van der Waals surface area contributed by atoms with E-state index in [0.29, 0.717) is 12.8 Å². The number of amides is 2. The second kappa shape index (κ2) is 8.00. The fourth-order valence-electron chi connectivity index (χ4n) is 3.42. The fraction of sp³-hybridized carbons (Fsp3) is 0.273. The first-order chi connectivity index (χ1) is 12.6. The Morgan fingerprint density at radius 2 is 1.04 bits per heavy atom. The molecule has 0 aliphatic heterocycles. The van der Waals surface area contributed by atoms with Gasteiger partial charge in [-0.3, -0.25) is 9.59 Å². The van der Waals surface area contributed by atoms with Crippen LogP contribution < -0.4 is 9.80 Å². The Hall–Kier alpha value is -2.88. The van der Waals surface area contributed by atoms with Crippen molar-refractivity contribution in [2.45, 2.75) is 12.8 Å². The molecule has 0 bridgehead atoms. The molecule has 0 fully saturated rings. The summed E-state index contributed by atoms with van der Waals surface area (Å²) >= 11 is 0. The normalized spacial score (nSPS) is 19.0. The van der Waals surface area contributed by atoms with Gasteiger partial charge in [0.25, 0.3) is 0 Å². The molecule has 134 valence electrons. The minimum atomic E-state index is -0.344. The molecule has 2 aromatic rings. The first kappa shape index (κ1) is 17.9. The third kappa shape index (κ3) is 3.69. The van der Waals surface area contributed by atoms with Gasteiger partial charge in [0.15, 0.2) is 0 Å². The average molecular weight is 348 g/mol. The van der Waals surface area contributed by atoms with Crippen molar-refractivity contribution in [2.75, 3.05) is 23.9 Å². The molecule has 26 heavy (non-hydrogen) atoms. The first-order valence-electron chi connectivity index (χ1n) is 8.90. The van der Waals surface area contributed by atoms with E-state index >= 15 is 0 Å². The van der Waals surface area contributed by atoms with Crippen LogP contribution in [0.25, 0.3) is 0 Å². The minimum absolute atomic E-state index is 0.0136. The summed E-state index contributed by atoms with van der Waals surface area (Å²) < 4.78 is 0. The number of carbonyl (C=O) groups excluding carboxylic acids is 2. The van der Waals surface area contributed by atoms with E-state index < -0.39 is 0 Å². The standard InChI is InChI=1S/C22H24N2O2/c1-23(17-11-5-3-6-12-17)21(25)19-15-9-10-16-20(19)22(26)24(2)18-13-7-4-8-14-18/h3-14,19-20H,15-16H2,1-2H3/t19-,20-/m0/s1. The lowest BCUT2D eigenvalue weighted by atomic mass is 9.81. The fourth-order valence-corrected chi connectivity index (χ4v) is 3.42. The van der Waals surface area contributed by atoms with Crippen molar-refractivity contribution in [3.05, 3.63) is 72.8 Å². The van der Waals surface area contributed by atoms with Gasteiger partial charge in [-0.2, -0.15) is 0 Å². The van der Waals surface area contributed by atoms with Gasteiger partial charge in [0.05, 0.1) is 11.8 Å². The Morgan fingerprint density at radius 3 is 1.38 bits per heavy atom. The zero-order valence-electron chi connectivity index (χ0n) is 15.2. The molecule has 0 unspecified atom stereocenters. The molecule has 0 aromatic heterocycles. The minimum Gasteiger partial charge on any atom is -0.315 e. The summed E-state index contributed by atoms with van der Waals surface area (Å²) in [6, 6.07) is 19.1. The summed E-state index contributed by atoms with van der Waals surface area (Å²) in [5.74, 6) is -0.714. The second-order valence-corrected chi connectivity index (χ2v) is 6.62. The van der Waals surface area contributed by atoms with E-state index in [2.05, 4.69) is 0 Å². The van der Waals surface area contributed by atoms with Crippen molar-refractivity contribution in [1.82, 2.24) is 0 Å². The molecule has 0 radical (unpaired) electrons. The molecule has 2 atom stereocenters. The van der Waals surface area contributed by atoms with E-state index in [9.17, 15) is 9.59 Å². The van der Waals surface area contributed by atoms with Gasteiger partial charge in [-0.15, -0.1) is 0 Å². The Balaban J connectivity index is 1.80. The summed E-state index contributed by atoms with van der Waals surface area (Å²) in [6.07, 6.45) is 5.20. The summed E-state index contributed by atoms with van der Waals surface area (Å²) in [4.78, 5) is 29.5. The molecule has 0 saturated carbocycles. The van der Waals surface area contributed by atoms with E-state index in [1.807, 2.05) is 72.8 Å². The summed E-state index contributed by atoms with van der Waals surface area (Å²) in [5, 5.41) is 0. The average Bonchev–Trinajstić information content (AvgIpc) is 2.73. The lowest BCUT2D eigenvalue weighted by Gasteiger charge is -2.32. The van der Waals surface area contributed by atoms with E-state index in [-0.39, 0.29) is 23.7 Å². The number of hydrogen-bond acceptors (Lipinski definition) is 2. The van der Waals surface area contributed by atoms with Gasteiger partial charge in [0.2, 0.25) is 11.8 Å². The maximum Gasteiger partial charge on any atom is 0.230 e. The van der Waals surface area contributed by atoms with Crippen molar-refractivity contribution in [3.8, 4) is 0 Å². The van der Waals surface area contributed by atoms with Crippen LogP contribution in [0.15, 0.2) is 72.8 Å². The van der Waals surface area contributed by atoms with Crippen molar-refractivity contribution in [3.63, 3.8) is 0 Å². The van der Waals surface area contributed by atoms with Crippen molar-refractivity contribution < 1.29 is 9.59 Å². The maximum atomic E-state index is 13.1. The van der Waals surface area contributed by atoms with Crippen LogP contribution in [0.2, 0.25) is 0 Å². The van der Waals surface area contributed by atoms with E-state index in [0.717, 1.165) is 11.4 Å². The van der Waals surface area contributed by atoms with Crippen LogP contribution >= 0.6 is 0 Å². The zero-order chi connectivity index (χ0) is 18.5. The number of carbonyl (C=O) groups is 2. The van der Waals surface area contributed by atoms with E-state index in [1.165, 1.54) is 0 Å². The van der Waals surface area contributed by atoms with Gasteiger partial charge in [-0.05, 0) is 37.1 Å². The van der Waals surface area contributed by atoms with Crippen molar-refractivity contribution in [2.24, 2.45) is 11.8 Å². The van der Waals surface area contributed by atoms with Gasteiger partial charge >= 0.3 is 0 Å². The van der Waals surface area contributed by atoms with Crippen molar-refractivity contribution >= 4 is 23.2 Å². The highest BCUT2D eigenvalue weighted by Gasteiger charge is 2.37. The smallest absolute Gasteiger partial charge is 0.230 e. The Kier molecular flexibility index (Phi) is 5.52. The number of rotatable bonds is 4. The lowest BCUT2D eigenvalue weighted by Crippen LogP contribution is -2.44. The highest BCUT2D eigenvalue weighted by atomic mass is 16.2. The molecule has 1 aliphatic rings. The topological polar surface area (TPSA) is 40.6 Å². The molecule has 0 N–H and O–H groups in total. The Bertz CT molecular complexity index is 719. The third-order valence-corrected chi connectivity index (χ3v) is 5.01. The van der Waals surface area contributed by atoms with Gasteiger partial charge in [-0.25, -0.2) is 0 Å². The first-order valence-corrected chi connectivity index (χ1v) is 8.90. The predicted molar refractivity (Wildman–Crippen MR) is 105 cm³/mol. The molecule has 0 spiro atoms. The molecule has 2 amide bonds. The molecule has 4 nitrogen and oxygen atoms in total. The van der Waals surface area contributed by atoms with Gasteiger partial charge in [0, 0.05) is 25.5 Å². The maximum absolute atomic E-state index is 13.1. The van der Waals surface area contributed by atoms with Crippen LogP contribution in [0, 0.1) is 11.8 Å². The number of benzene rings is 2. The van der Waals surface area contributed by atoms with Crippen LogP contribution in [0.5, 0.6) is 0 Å². The zero-order valence-corrected chi connectivity index (χ0v) is 15.2. The van der Waals surface area contributed by atoms with Crippen LogP contribution in [-0.4, -0.2) is 25.9 Å². The number of allylic oxidation sites excluding steroid dienone is 2. The molecule has 1 aliphatic carbocycles. The van der Waals surface area contributed by atoms with Crippen LogP contribution in [-0.2, 0) is 9.59 Å². The quantitative estimate of drug-likeness (QED) is 0.787. The van der Waals surface area contributed by atoms with Crippen LogP contribution in [0.3, 0.4) is 0 Å². The highest BCUT2D eigenvalue weighted by molar-refractivity contribution is 6.01. The van der Waals surface area contributed by atoms with Crippen molar-refractivity contribution in [1.29, 1.82) is 0 Å². The van der Waals surface area contributed by atoms with E-state index in [1.54, 1.807) is 23.9 Å². The predicted octanol–water partition coefficient (Wildman–Crippen LogP) is 3.89. The second-order valence-electron chi connectivity index (χ2n) is 6.62. The SMILES string of the molecule is CN(C(=O)[C@H]1CC=CC[C@@H]1C(=O)N(C)c1ccccc1)c1ccccc1. The Labute approximate surface area is 154 Å². The highest BCUT2D eigenvalue weighted by Crippen LogP contribution is 2.31. The van der Waals surface area contributed by atoms with Crippen LogP contribution in [0.4, 0.5) is 11.4 Å². The van der Waals surface area contributed by atoms with Gasteiger partial charge in [0.1, 0.15) is 0 Å². The molecular formula is C22H24N2O2. The van der Waals surface area contributed by atoms with Gasteiger partial charge in [-0.1, -0.05) is 48.6 Å². The summed E-state index contributed by atoms with van der Waals surface area (Å²) in [6.45, 7) is 0. The van der Waals surface area contributed by atoms with Gasteiger partial charge < -0.3 is 9.80 Å². The molecule has 0 heterocycles. The summed E-state index contributed by atoms with van der Waals surface area (Å²) in [7, 11) is 3.55. The number of para-hydroxylation sites is 2. The monoisotopic (exact) mass is 348 g/mol. The number of anilines is 2. The molecule has 4 heteroatoms. The third-order valence-electron chi connectivity index (χ3n) is 5.01. The molecular weight excluding hydrogens is 324 g/mol. The molecule has 2 aromatic carbocycles. The summed E-state index contributed by atoms with van der Waals surface area (Å²) in [5.41, 5.74) is 1.68. The molecule has 3 rings (SSSR count).